The summed E-state index contributed by atoms with van der Waals surface area (Å²) in [7, 11) is 0. The van der Waals surface area contributed by atoms with Crippen LogP contribution in [0.3, 0.4) is 0 Å². The van der Waals surface area contributed by atoms with Crippen LogP contribution in [-0.4, -0.2) is 12.2 Å². The third kappa shape index (κ3) is 3.61. The van der Waals surface area contributed by atoms with Crippen LogP contribution < -0.4 is 5.32 Å². The van der Waals surface area contributed by atoms with Gasteiger partial charge >= 0.3 is 6.18 Å². The van der Waals surface area contributed by atoms with E-state index in [-0.39, 0.29) is 24.7 Å². The molecule has 0 radical (unpaired) electrons. The molecule has 0 aliphatic heterocycles. The van der Waals surface area contributed by atoms with Gasteiger partial charge in [-0.2, -0.15) is 13.2 Å². The Morgan fingerprint density at radius 1 is 1.11 bits per heavy atom. The topological polar surface area (TPSA) is 12.0 Å². The molecule has 1 aliphatic rings. The Balaban J connectivity index is 1.92. The van der Waals surface area contributed by atoms with Crippen LogP contribution >= 0.6 is 0 Å². The fourth-order valence-corrected chi connectivity index (χ4v) is 2.57. The summed E-state index contributed by atoms with van der Waals surface area (Å²) in [4.78, 5) is 0. The lowest BCUT2D eigenvalue weighted by Gasteiger charge is -2.31. The van der Waals surface area contributed by atoms with Crippen LogP contribution in [0, 0.1) is 18.7 Å². The highest BCUT2D eigenvalue weighted by molar-refractivity contribution is 5.51. The fourth-order valence-electron chi connectivity index (χ4n) is 2.57. The summed E-state index contributed by atoms with van der Waals surface area (Å²) < 4.78 is 50.6. The summed E-state index contributed by atoms with van der Waals surface area (Å²) in [5.74, 6) is -1.47. The highest BCUT2D eigenvalue weighted by Crippen LogP contribution is 2.38. The molecule has 1 aliphatic carbocycles. The zero-order chi connectivity index (χ0) is 14.0. The molecule has 0 saturated heterocycles. The Bertz CT molecular complexity index is 434. The lowest BCUT2D eigenvalue weighted by Crippen LogP contribution is -2.32. The van der Waals surface area contributed by atoms with Crippen molar-refractivity contribution in [2.75, 3.05) is 5.32 Å². The summed E-state index contributed by atoms with van der Waals surface area (Å²) >= 11 is 0. The summed E-state index contributed by atoms with van der Waals surface area (Å²) in [6.45, 7) is 1.78. The van der Waals surface area contributed by atoms with Gasteiger partial charge in [0.05, 0.1) is 5.92 Å². The second-order valence-corrected chi connectivity index (χ2v) is 5.19. The van der Waals surface area contributed by atoms with Gasteiger partial charge in [-0.3, -0.25) is 0 Å². The number of anilines is 1. The Kier molecular flexibility index (Phi) is 4.02. The first kappa shape index (κ1) is 14.2. The van der Waals surface area contributed by atoms with Gasteiger partial charge in [0.1, 0.15) is 5.82 Å². The number of alkyl halides is 3. The Morgan fingerprint density at radius 2 is 1.74 bits per heavy atom. The first-order chi connectivity index (χ1) is 8.86. The smallest absolute Gasteiger partial charge is 0.382 e. The van der Waals surface area contributed by atoms with Gasteiger partial charge in [-0.25, -0.2) is 4.39 Å². The standard InChI is InChI=1S/C14H17F4N/c1-9-8-11(15)4-7-13(9)19-12-5-2-10(3-6-12)14(16,17)18/h4,7-8,10,12,19H,2-3,5-6H2,1H3. The van der Waals surface area contributed by atoms with E-state index in [1.54, 1.807) is 13.0 Å². The Hall–Kier alpha value is -1.26. The minimum absolute atomic E-state index is 0.0442. The van der Waals surface area contributed by atoms with Crippen molar-refractivity contribution >= 4 is 5.69 Å². The predicted octanol–water partition coefficient (Wildman–Crippen LogP) is 4.67. The second kappa shape index (κ2) is 5.39. The fraction of sp³-hybridized carbons (Fsp3) is 0.571. The first-order valence-corrected chi connectivity index (χ1v) is 6.45. The number of rotatable bonds is 2. The molecule has 0 heterocycles. The number of aryl methyl sites for hydroxylation is 1. The number of nitrogens with one attached hydrogen (secondary N) is 1. The Morgan fingerprint density at radius 3 is 2.26 bits per heavy atom. The molecule has 0 bridgehead atoms. The molecule has 2 rings (SSSR count). The SMILES string of the molecule is Cc1cc(F)ccc1NC1CCC(C(F)(F)F)CC1. The molecule has 19 heavy (non-hydrogen) atoms. The highest BCUT2D eigenvalue weighted by atomic mass is 19.4. The summed E-state index contributed by atoms with van der Waals surface area (Å²) in [5.41, 5.74) is 1.58. The number of benzene rings is 1. The number of halogens is 4. The van der Waals surface area contributed by atoms with Crippen LogP contribution in [0.2, 0.25) is 0 Å². The van der Waals surface area contributed by atoms with Gasteiger partial charge in [0, 0.05) is 11.7 Å². The van der Waals surface area contributed by atoms with Crippen LogP contribution in [0.4, 0.5) is 23.2 Å². The molecule has 1 N–H and O–H groups in total. The van der Waals surface area contributed by atoms with E-state index in [9.17, 15) is 17.6 Å². The molecule has 106 valence electrons. The van der Waals surface area contributed by atoms with Crippen LogP contribution in [0.25, 0.3) is 0 Å². The van der Waals surface area contributed by atoms with E-state index in [4.69, 9.17) is 0 Å². The molecule has 1 fully saturated rings. The van der Waals surface area contributed by atoms with Gasteiger partial charge in [0.25, 0.3) is 0 Å². The maximum absolute atomic E-state index is 13.0. The maximum Gasteiger partial charge on any atom is 0.391 e. The first-order valence-electron chi connectivity index (χ1n) is 6.45. The van der Waals surface area contributed by atoms with E-state index in [1.165, 1.54) is 12.1 Å². The molecule has 1 nitrogen and oxygen atoms in total. The normalized spacial score (nSPS) is 24.3. The van der Waals surface area contributed by atoms with E-state index < -0.39 is 12.1 Å². The molecule has 0 aromatic heterocycles. The van der Waals surface area contributed by atoms with Gasteiger partial charge in [0.15, 0.2) is 0 Å². The van der Waals surface area contributed by atoms with Crippen molar-refractivity contribution in [2.24, 2.45) is 5.92 Å². The van der Waals surface area contributed by atoms with Crippen LogP contribution in [0.5, 0.6) is 0 Å². The molecule has 1 aromatic carbocycles. The summed E-state index contributed by atoms with van der Waals surface area (Å²) in [5, 5.41) is 3.21. The average Bonchev–Trinajstić information content (AvgIpc) is 2.32. The van der Waals surface area contributed by atoms with Crippen LogP contribution in [-0.2, 0) is 0 Å². The van der Waals surface area contributed by atoms with Crippen LogP contribution in [0.15, 0.2) is 18.2 Å². The minimum atomic E-state index is -4.07. The summed E-state index contributed by atoms with van der Waals surface area (Å²) in [6.07, 6.45) is -2.73. The lowest BCUT2D eigenvalue weighted by molar-refractivity contribution is -0.182. The van der Waals surface area contributed by atoms with Crippen molar-refractivity contribution < 1.29 is 17.6 Å². The predicted molar refractivity (Wildman–Crippen MR) is 66.6 cm³/mol. The van der Waals surface area contributed by atoms with E-state index in [1.807, 2.05) is 0 Å². The van der Waals surface area contributed by atoms with E-state index >= 15 is 0 Å². The van der Waals surface area contributed by atoms with Crippen LogP contribution in [0.1, 0.15) is 31.2 Å². The largest absolute Gasteiger partial charge is 0.391 e. The van der Waals surface area contributed by atoms with Crippen molar-refractivity contribution in [1.29, 1.82) is 0 Å². The quantitative estimate of drug-likeness (QED) is 0.773. The zero-order valence-electron chi connectivity index (χ0n) is 10.7. The van der Waals surface area contributed by atoms with E-state index in [0.717, 1.165) is 11.3 Å². The average molecular weight is 275 g/mol. The molecule has 1 saturated carbocycles. The molecular weight excluding hydrogens is 258 g/mol. The third-order valence-electron chi connectivity index (χ3n) is 3.74. The number of hydrogen-bond acceptors (Lipinski definition) is 1. The molecule has 0 unspecified atom stereocenters. The van der Waals surface area contributed by atoms with Gasteiger partial charge in [0.2, 0.25) is 0 Å². The molecule has 0 spiro atoms. The highest BCUT2D eigenvalue weighted by Gasteiger charge is 2.41. The second-order valence-electron chi connectivity index (χ2n) is 5.19. The molecule has 5 heteroatoms. The minimum Gasteiger partial charge on any atom is -0.382 e. The van der Waals surface area contributed by atoms with Gasteiger partial charge in [-0.1, -0.05) is 0 Å². The maximum atomic E-state index is 13.0. The molecule has 0 atom stereocenters. The van der Waals surface area contributed by atoms with Crippen molar-refractivity contribution in [3.63, 3.8) is 0 Å². The monoisotopic (exact) mass is 275 g/mol. The molecular formula is C14H17F4N. The lowest BCUT2D eigenvalue weighted by atomic mass is 9.85. The van der Waals surface area contributed by atoms with Crippen molar-refractivity contribution in [2.45, 2.75) is 44.8 Å². The van der Waals surface area contributed by atoms with Gasteiger partial charge < -0.3 is 5.32 Å². The van der Waals surface area contributed by atoms with Crippen molar-refractivity contribution in [3.8, 4) is 0 Å². The zero-order valence-corrected chi connectivity index (χ0v) is 10.7. The molecule has 1 aromatic rings. The number of hydrogen-bond donors (Lipinski definition) is 1. The Labute approximate surface area is 110 Å². The van der Waals surface area contributed by atoms with Gasteiger partial charge in [-0.05, 0) is 56.4 Å². The van der Waals surface area contributed by atoms with Crippen molar-refractivity contribution in [1.82, 2.24) is 0 Å². The van der Waals surface area contributed by atoms with Crippen molar-refractivity contribution in [3.05, 3.63) is 29.6 Å². The van der Waals surface area contributed by atoms with E-state index in [0.29, 0.717) is 12.8 Å². The van der Waals surface area contributed by atoms with Gasteiger partial charge in [-0.15, -0.1) is 0 Å². The summed E-state index contributed by atoms with van der Waals surface area (Å²) in [6, 6.07) is 4.46. The van der Waals surface area contributed by atoms with E-state index in [2.05, 4.69) is 5.32 Å². The molecule has 0 amide bonds. The third-order valence-corrected chi connectivity index (χ3v) is 3.74.